The van der Waals surface area contributed by atoms with Crippen molar-refractivity contribution in [2.75, 3.05) is 17.7 Å². The molecular weight excluding hydrogens is 222 g/mol. The van der Waals surface area contributed by atoms with Crippen molar-refractivity contribution < 1.29 is 0 Å². The minimum absolute atomic E-state index is 0.573. The fourth-order valence-corrected chi connectivity index (χ4v) is 2.43. The molecule has 1 aromatic heterocycles. The summed E-state index contributed by atoms with van der Waals surface area (Å²) in [5.41, 5.74) is 7.58. The van der Waals surface area contributed by atoms with E-state index in [1.54, 1.807) is 0 Å². The van der Waals surface area contributed by atoms with E-state index in [0.717, 1.165) is 28.3 Å². The van der Waals surface area contributed by atoms with Crippen molar-refractivity contribution in [3.05, 3.63) is 30.3 Å². The van der Waals surface area contributed by atoms with E-state index < -0.39 is 0 Å². The van der Waals surface area contributed by atoms with Crippen molar-refractivity contribution in [2.45, 2.75) is 25.8 Å². The minimum Gasteiger partial charge on any atom is -0.399 e. The van der Waals surface area contributed by atoms with E-state index in [-0.39, 0.29) is 0 Å². The van der Waals surface area contributed by atoms with Gasteiger partial charge in [0.05, 0.1) is 5.52 Å². The Morgan fingerprint density at radius 1 is 1.28 bits per heavy atom. The van der Waals surface area contributed by atoms with Gasteiger partial charge in [0.25, 0.3) is 0 Å². The Morgan fingerprint density at radius 3 is 2.78 bits per heavy atom. The number of benzene rings is 1. The van der Waals surface area contributed by atoms with Crippen LogP contribution in [0.2, 0.25) is 0 Å². The third kappa shape index (κ3) is 2.01. The molecule has 1 aliphatic rings. The summed E-state index contributed by atoms with van der Waals surface area (Å²) in [6, 6.07) is 10.6. The van der Waals surface area contributed by atoms with Gasteiger partial charge in [0.2, 0.25) is 0 Å². The van der Waals surface area contributed by atoms with Crippen LogP contribution in [0.1, 0.15) is 19.8 Å². The molecule has 1 unspecified atom stereocenters. The molecule has 0 radical (unpaired) electrons. The molecule has 0 aliphatic heterocycles. The minimum atomic E-state index is 0.573. The molecule has 2 aromatic rings. The summed E-state index contributed by atoms with van der Waals surface area (Å²) in [7, 11) is 2.13. The van der Waals surface area contributed by atoms with Crippen molar-refractivity contribution in [1.82, 2.24) is 4.98 Å². The molecular formula is C15H19N3. The highest BCUT2D eigenvalue weighted by Gasteiger charge is 2.30. The fraction of sp³-hybridized carbons (Fsp3) is 0.400. The summed E-state index contributed by atoms with van der Waals surface area (Å²) >= 11 is 0. The van der Waals surface area contributed by atoms with Gasteiger partial charge in [0.15, 0.2) is 0 Å². The quantitative estimate of drug-likeness (QED) is 0.840. The molecule has 94 valence electrons. The smallest absolute Gasteiger partial charge is 0.129 e. The van der Waals surface area contributed by atoms with E-state index in [2.05, 4.69) is 31.0 Å². The number of rotatable bonds is 3. The highest BCUT2D eigenvalue weighted by molar-refractivity contribution is 5.83. The van der Waals surface area contributed by atoms with Gasteiger partial charge in [-0.05, 0) is 56.0 Å². The van der Waals surface area contributed by atoms with Gasteiger partial charge in [0.1, 0.15) is 5.82 Å². The lowest BCUT2D eigenvalue weighted by molar-refractivity contribution is 0.604. The molecule has 18 heavy (non-hydrogen) atoms. The highest BCUT2D eigenvalue weighted by atomic mass is 15.2. The summed E-state index contributed by atoms with van der Waals surface area (Å²) in [4.78, 5) is 7.00. The second-order valence-electron chi connectivity index (χ2n) is 5.31. The number of nitrogens with two attached hydrogens (primary N) is 1. The third-order valence-electron chi connectivity index (χ3n) is 3.98. The van der Waals surface area contributed by atoms with E-state index in [1.807, 2.05) is 18.2 Å². The van der Waals surface area contributed by atoms with Crippen LogP contribution in [0.4, 0.5) is 11.5 Å². The van der Waals surface area contributed by atoms with E-state index >= 15 is 0 Å². The normalized spacial score (nSPS) is 16.8. The number of hydrogen-bond acceptors (Lipinski definition) is 3. The van der Waals surface area contributed by atoms with Gasteiger partial charge in [-0.1, -0.05) is 0 Å². The molecule has 0 amide bonds. The molecule has 3 rings (SSSR count). The zero-order valence-electron chi connectivity index (χ0n) is 10.9. The maximum absolute atomic E-state index is 5.78. The highest BCUT2D eigenvalue weighted by Crippen LogP contribution is 2.36. The summed E-state index contributed by atoms with van der Waals surface area (Å²) in [5.74, 6) is 1.89. The van der Waals surface area contributed by atoms with Crippen LogP contribution in [0.3, 0.4) is 0 Å². The molecule has 1 atom stereocenters. The number of anilines is 2. The number of pyridine rings is 1. The first kappa shape index (κ1) is 11.3. The predicted molar refractivity (Wildman–Crippen MR) is 76.7 cm³/mol. The zero-order chi connectivity index (χ0) is 12.7. The van der Waals surface area contributed by atoms with Crippen LogP contribution in [-0.2, 0) is 0 Å². The van der Waals surface area contributed by atoms with Gasteiger partial charge in [-0.3, -0.25) is 0 Å². The average Bonchev–Trinajstić information content (AvgIpc) is 3.20. The maximum atomic E-state index is 5.78. The Bertz CT molecular complexity index is 575. The van der Waals surface area contributed by atoms with Crippen LogP contribution in [0.5, 0.6) is 0 Å². The van der Waals surface area contributed by atoms with Crippen LogP contribution in [0.15, 0.2) is 30.3 Å². The van der Waals surface area contributed by atoms with E-state index in [0.29, 0.717) is 6.04 Å². The monoisotopic (exact) mass is 241 g/mol. The van der Waals surface area contributed by atoms with Crippen LogP contribution in [0.25, 0.3) is 10.9 Å². The van der Waals surface area contributed by atoms with Gasteiger partial charge in [-0.25, -0.2) is 4.98 Å². The Hall–Kier alpha value is -1.77. The Labute approximate surface area is 108 Å². The molecule has 0 bridgehead atoms. The number of hydrogen-bond donors (Lipinski definition) is 1. The lowest BCUT2D eigenvalue weighted by Gasteiger charge is -2.26. The largest absolute Gasteiger partial charge is 0.399 e. The van der Waals surface area contributed by atoms with Gasteiger partial charge in [0, 0.05) is 24.2 Å². The van der Waals surface area contributed by atoms with Crippen molar-refractivity contribution in [2.24, 2.45) is 5.92 Å². The maximum Gasteiger partial charge on any atom is 0.129 e. The lowest BCUT2D eigenvalue weighted by Crippen LogP contribution is -2.31. The molecule has 1 saturated carbocycles. The Balaban J connectivity index is 1.94. The standard InChI is InChI=1S/C15H19N3/c1-10(11-3-4-11)18(2)15-8-5-12-9-13(16)6-7-14(12)17-15/h5-11H,3-4,16H2,1-2H3. The van der Waals surface area contributed by atoms with Gasteiger partial charge in [-0.2, -0.15) is 0 Å². The second kappa shape index (κ2) is 4.16. The van der Waals surface area contributed by atoms with Crippen molar-refractivity contribution in [3.8, 4) is 0 Å². The molecule has 0 saturated heterocycles. The molecule has 1 fully saturated rings. The summed E-state index contributed by atoms with van der Waals surface area (Å²) < 4.78 is 0. The van der Waals surface area contributed by atoms with E-state index in [9.17, 15) is 0 Å². The fourth-order valence-electron chi connectivity index (χ4n) is 2.43. The molecule has 1 heterocycles. The van der Waals surface area contributed by atoms with Gasteiger partial charge < -0.3 is 10.6 Å². The second-order valence-corrected chi connectivity index (χ2v) is 5.31. The number of nitrogens with zero attached hydrogens (tertiary/aromatic N) is 2. The topological polar surface area (TPSA) is 42.1 Å². The Kier molecular flexibility index (Phi) is 2.62. The SMILES string of the molecule is CC(C1CC1)N(C)c1ccc2cc(N)ccc2n1. The first-order chi connectivity index (χ1) is 8.65. The van der Waals surface area contributed by atoms with Crippen LogP contribution in [0, 0.1) is 5.92 Å². The average molecular weight is 241 g/mol. The molecule has 3 nitrogen and oxygen atoms in total. The molecule has 1 aromatic carbocycles. The number of aromatic nitrogens is 1. The van der Waals surface area contributed by atoms with Gasteiger partial charge >= 0.3 is 0 Å². The summed E-state index contributed by atoms with van der Waals surface area (Å²) in [6.45, 7) is 2.28. The third-order valence-corrected chi connectivity index (χ3v) is 3.98. The van der Waals surface area contributed by atoms with Crippen LogP contribution in [-0.4, -0.2) is 18.1 Å². The number of nitrogen functional groups attached to an aromatic ring is 1. The lowest BCUT2D eigenvalue weighted by atomic mass is 10.1. The van der Waals surface area contributed by atoms with Crippen LogP contribution >= 0.6 is 0 Å². The van der Waals surface area contributed by atoms with Crippen LogP contribution < -0.4 is 10.6 Å². The first-order valence-corrected chi connectivity index (χ1v) is 6.54. The van der Waals surface area contributed by atoms with Crippen molar-refractivity contribution >= 4 is 22.4 Å². The van der Waals surface area contributed by atoms with E-state index in [1.165, 1.54) is 12.8 Å². The molecule has 2 N–H and O–H groups in total. The van der Waals surface area contributed by atoms with Crippen molar-refractivity contribution in [3.63, 3.8) is 0 Å². The molecule has 1 aliphatic carbocycles. The predicted octanol–water partition coefficient (Wildman–Crippen LogP) is 3.05. The first-order valence-electron chi connectivity index (χ1n) is 6.54. The van der Waals surface area contributed by atoms with E-state index in [4.69, 9.17) is 10.7 Å². The Morgan fingerprint density at radius 2 is 2.06 bits per heavy atom. The van der Waals surface area contributed by atoms with Gasteiger partial charge in [-0.15, -0.1) is 0 Å². The van der Waals surface area contributed by atoms with Crippen molar-refractivity contribution in [1.29, 1.82) is 0 Å². The molecule has 0 spiro atoms. The molecule has 3 heteroatoms. The summed E-state index contributed by atoms with van der Waals surface area (Å²) in [6.07, 6.45) is 2.71. The summed E-state index contributed by atoms with van der Waals surface area (Å²) in [5, 5.41) is 1.10. The number of fused-ring (bicyclic) bond motifs is 1. The zero-order valence-corrected chi connectivity index (χ0v) is 10.9.